The molecule has 0 heterocycles. The molecule has 0 bridgehead atoms. The van der Waals surface area contributed by atoms with Crippen LogP contribution >= 0.6 is 0 Å². The molecular weight excluding hydrogens is 504 g/mol. The van der Waals surface area contributed by atoms with Crippen LogP contribution in [0.3, 0.4) is 0 Å². The van der Waals surface area contributed by atoms with Crippen molar-refractivity contribution in [2.24, 2.45) is 0 Å². The first-order valence-electron chi connectivity index (χ1n) is 13.4. The maximum Gasteiger partial charge on any atom is 0.151 e. The maximum absolute atomic E-state index is 12.5. The molecule has 4 aromatic rings. The highest BCUT2D eigenvalue weighted by Gasteiger charge is 2.38. The van der Waals surface area contributed by atoms with Gasteiger partial charge in [-0.1, -0.05) is 121 Å². The summed E-state index contributed by atoms with van der Waals surface area (Å²) in [6, 6.07) is 38.8. The summed E-state index contributed by atoms with van der Waals surface area (Å²) < 4.78 is 25.1. The number of aliphatic hydroxyl groups is 1. The molecule has 40 heavy (non-hydrogen) atoms. The Labute approximate surface area is 236 Å². The van der Waals surface area contributed by atoms with E-state index in [1.54, 1.807) is 0 Å². The van der Waals surface area contributed by atoms with Crippen molar-refractivity contribution in [3.63, 3.8) is 0 Å². The van der Waals surface area contributed by atoms with Crippen molar-refractivity contribution in [2.75, 3.05) is 6.61 Å². The molecule has 0 unspecified atom stereocenters. The number of rotatable bonds is 17. The lowest BCUT2D eigenvalue weighted by Crippen LogP contribution is -2.51. The van der Waals surface area contributed by atoms with E-state index in [9.17, 15) is 9.90 Å². The van der Waals surface area contributed by atoms with Crippen molar-refractivity contribution in [1.29, 1.82) is 0 Å². The average Bonchev–Trinajstić information content (AvgIpc) is 3.02. The summed E-state index contributed by atoms with van der Waals surface area (Å²) in [5, 5.41) is 10.5. The van der Waals surface area contributed by atoms with Crippen molar-refractivity contribution < 1.29 is 28.8 Å². The second-order valence-electron chi connectivity index (χ2n) is 9.44. The molecule has 0 radical (unpaired) electrons. The molecular formula is C34H36O6. The molecule has 4 aromatic carbocycles. The van der Waals surface area contributed by atoms with Crippen LogP contribution < -0.4 is 0 Å². The van der Waals surface area contributed by atoms with Gasteiger partial charge in [0.2, 0.25) is 0 Å². The fraction of sp³-hybridized carbons (Fsp3) is 0.265. The fourth-order valence-corrected chi connectivity index (χ4v) is 4.33. The lowest BCUT2D eigenvalue weighted by Gasteiger charge is -2.35. The van der Waals surface area contributed by atoms with Crippen LogP contribution in [0.4, 0.5) is 0 Å². The molecule has 0 aliphatic carbocycles. The molecule has 0 aromatic heterocycles. The van der Waals surface area contributed by atoms with Gasteiger partial charge in [0.15, 0.2) is 6.29 Å². The Morgan fingerprint density at radius 2 is 0.850 bits per heavy atom. The van der Waals surface area contributed by atoms with Gasteiger partial charge < -0.3 is 28.8 Å². The van der Waals surface area contributed by atoms with Crippen molar-refractivity contribution in [2.45, 2.75) is 50.8 Å². The molecule has 1 N–H and O–H groups in total. The summed E-state index contributed by atoms with van der Waals surface area (Å²) >= 11 is 0. The van der Waals surface area contributed by atoms with E-state index in [1.807, 2.05) is 121 Å². The minimum Gasteiger partial charge on any atom is -0.394 e. The van der Waals surface area contributed by atoms with Crippen LogP contribution in [0.2, 0.25) is 0 Å². The third kappa shape index (κ3) is 9.23. The zero-order chi connectivity index (χ0) is 27.8. The Balaban J connectivity index is 1.60. The summed E-state index contributed by atoms with van der Waals surface area (Å²) in [5.41, 5.74) is 3.77. The normalized spacial score (nSPS) is 14.2. The first-order valence-corrected chi connectivity index (χ1v) is 13.4. The number of aldehydes is 1. The van der Waals surface area contributed by atoms with Gasteiger partial charge in [0.05, 0.1) is 33.0 Å². The largest absolute Gasteiger partial charge is 0.394 e. The molecule has 4 rings (SSSR count). The zero-order valence-electron chi connectivity index (χ0n) is 22.5. The van der Waals surface area contributed by atoms with Gasteiger partial charge in [-0.25, -0.2) is 0 Å². The van der Waals surface area contributed by atoms with Crippen molar-refractivity contribution in [3.05, 3.63) is 144 Å². The van der Waals surface area contributed by atoms with Gasteiger partial charge >= 0.3 is 0 Å². The average molecular weight is 541 g/mol. The standard InChI is InChI=1S/C34H36O6/c35-21-31(37-23-27-13-5-1-6-14-27)33(39-25-29-17-9-3-10-18-29)34(40-26-30-19-11-4-12-20-30)32(22-36)38-24-28-15-7-2-8-16-28/h1-21,31-34,36H,22-26H2/t31-,32-,33-,34+/m1/s1. The first kappa shape index (κ1) is 29.3. The van der Waals surface area contributed by atoms with Crippen LogP contribution in [0.1, 0.15) is 22.3 Å². The van der Waals surface area contributed by atoms with Crippen molar-refractivity contribution in [1.82, 2.24) is 0 Å². The summed E-state index contributed by atoms with van der Waals surface area (Å²) in [5.74, 6) is 0. The highest BCUT2D eigenvalue weighted by atomic mass is 16.6. The number of carbonyl (C=O) groups excluding carboxylic acids is 1. The molecule has 4 atom stereocenters. The van der Waals surface area contributed by atoms with Crippen LogP contribution in [-0.2, 0) is 50.2 Å². The molecule has 6 nitrogen and oxygen atoms in total. The van der Waals surface area contributed by atoms with E-state index in [2.05, 4.69) is 0 Å². The quantitative estimate of drug-likeness (QED) is 0.178. The second kappa shape index (κ2) is 16.5. The molecule has 0 aliphatic rings. The highest BCUT2D eigenvalue weighted by Crippen LogP contribution is 2.22. The van der Waals surface area contributed by atoms with E-state index >= 15 is 0 Å². The van der Waals surface area contributed by atoms with Gasteiger partial charge in [-0.3, -0.25) is 0 Å². The zero-order valence-corrected chi connectivity index (χ0v) is 22.5. The van der Waals surface area contributed by atoms with Gasteiger partial charge in [0, 0.05) is 0 Å². The van der Waals surface area contributed by atoms with Gasteiger partial charge in [-0.05, 0) is 22.3 Å². The Bertz CT molecular complexity index is 1220. The second-order valence-corrected chi connectivity index (χ2v) is 9.44. The maximum atomic E-state index is 12.5. The third-order valence-corrected chi connectivity index (χ3v) is 6.49. The number of carbonyl (C=O) groups is 1. The summed E-state index contributed by atoms with van der Waals surface area (Å²) in [6.07, 6.45) is -2.70. The van der Waals surface area contributed by atoms with Crippen LogP contribution in [-0.4, -0.2) is 42.4 Å². The molecule has 208 valence electrons. The van der Waals surface area contributed by atoms with Gasteiger partial charge in [-0.2, -0.15) is 0 Å². The van der Waals surface area contributed by atoms with Gasteiger partial charge in [0.1, 0.15) is 24.4 Å². The summed E-state index contributed by atoms with van der Waals surface area (Å²) in [4.78, 5) is 12.5. The van der Waals surface area contributed by atoms with Crippen molar-refractivity contribution in [3.8, 4) is 0 Å². The molecule has 0 spiro atoms. The molecule has 0 saturated heterocycles. The number of hydrogen-bond donors (Lipinski definition) is 1. The van der Waals surface area contributed by atoms with E-state index in [0.29, 0.717) is 0 Å². The summed E-state index contributed by atoms with van der Waals surface area (Å²) in [6.45, 7) is 0.620. The predicted molar refractivity (Wildman–Crippen MR) is 153 cm³/mol. The van der Waals surface area contributed by atoms with E-state index in [1.165, 1.54) is 0 Å². The Hall–Kier alpha value is -3.65. The molecule has 0 aliphatic heterocycles. The Morgan fingerprint density at radius 3 is 1.23 bits per heavy atom. The predicted octanol–water partition coefficient (Wildman–Crippen LogP) is 5.52. The van der Waals surface area contributed by atoms with Crippen LogP contribution in [0.15, 0.2) is 121 Å². The Kier molecular flexibility index (Phi) is 12.1. The lowest BCUT2D eigenvalue weighted by molar-refractivity contribution is -0.194. The summed E-state index contributed by atoms with van der Waals surface area (Å²) in [7, 11) is 0. The van der Waals surface area contributed by atoms with Crippen LogP contribution in [0, 0.1) is 0 Å². The molecule has 0 amide bonds. The van der Waals surface area contributed by atoms with E-state index in [-0.39, 0.29) is 33.0 Å². The van der Waals surface area contributed by atoms with Crippen LogP contribution in [0.5, 0.6) is 0 Å². The number of aliphatic hydroxyl groups excluding tert-OH is 1. The SMILES string of the molecule is O=C[C@@H](OCc1ccccc1)[C@@H](OCc1ccccc1)[C@@H](OCc1ccccc1)[C@@H](CO)OCc1ccccc1. The molecule has 6 heteroatoms. The molecule has 0 saturated carbocycles. The smallest absolute Gasteiger partial charge is 0.151 e. The minimum absolute atomic E-state index is 0.218. The van der Waals surface area contributed by atoms with E-state index in [0.717, 1.165) is 28.5 Å². The molecule has 0 fully saturated rings. The van der Waals surface area contributed by atoms with E-state index in [4.69, 9.17) is 18.9 Å². The fourth-order valence-electron chi connectivity index (χ4n) is 4.33. The van der Waals surface area contributed by atoms with E-state index < -0.39 is 24.4 Å². The van der Waals surface area contributed by atoms with Gasteiger partial charge in [0.25, 0.3) is 0 Å². The monoisotopic (exact) mass is 540 g/mol. The first-order chi connectivity index (χ1) is 19.8. The Morgan fingerprint density at radius 1 is 0.500 bits per heavy atom. The highest BCUT2D eigenvalue weighted by molar-refractivity contribution is 5.57. The van der Waals surface area contributed by atoms with Gasteiger partial charge in [-0.15, -0.1) is 0 Å². The number of hydrogen-bond acceptors (Lipinski definition) is 6. The minimum atomic E-state index is -0.973. The third-order valence-electron chi connectivity index (χ3n) is 6.49. The lowest BCUT2D eigenvalue weighted by atomic mass is 10.0. The topological polar surface area (TPSA) is 74.2 Å². The number of benzene rings is 4. The number of ether oxygens (including phenoxy) is 4. The van der Waals surface area contributed by atoms with Crippen LogP contribution in [0.25, 0.3) is 0 Å². The van der Waals surface area contributed by atoms with Crippen molar-refractivity contribution >= 4 is 6.29 Å².